The molecule has 1 unspecified atom stereocenters. The minimum Gasteiger partial charge on any atom is -0.489 e. The van der Waals surface area contributed by atoms with Gasteiger partial charge in [0.2, 0.25) is 0 Å². The van der Waals surface area contributed by atoms with Crippen molar-refractivity contribution in [1.82, 2.24) is 4.90 Å². The van der Waals surface area contributed by atoms with Gasteiger partial charge in [-0.1, -0.05) is 24.3 Å². The van der Waals surface area contributed by atoms with Gasteiger partial charge in [0.25, 0.3) is 0 Å². The van der Waals surface area contributed by atoms with E-state index in [1.165, 1.54) is 6.07 Å². The van der Waals surface area contributed by atoms with Gasteiger partial charge < -0.3 is 15.2 Å². The third-order valence-corrected chi connectivity index (χ3v) is 8.03. The average Bonchev–Trinajstić information content (AvgIpc) is 3.28. The summed E-state index contributed by atoms with van der Waals surface area (Å²) in [7, 11) is 2.61. The van der Waals surface area contributed by atoms with Crippen molar-refractivity contribution in [3.05, 3.63) is 82.7 Å². The Morgan fingerprint density at radius 2 is 1.75 bits per heavy atom. The molecule has 9 heteroatoms. The van der Waals surface area contributed by atoms with Crippen LogP contribution in [0, 0.1) is 5.82 Å². The topological polar surface area (TPSA) is 47.7 Å². The second kappa shape index (κ2) is 12.6. The van der Waals surface area contributed by atoms with Crippen LogP contribution in [0.4, 0.5) is 23.2 Å². The molecule has 1 fully saturated rings. The van der Waals surface area contributed by atoms with E-state index in [1.54, 1.807) is 18.2 Å². The lowest BCUT2D eigenvalue weighted by Gasteiger charge is -2.20. The number of fused-ring (bicyclic) bond motifs is 1. The van der Waals surface area contributed by atoms with Crippen molar-refractivity contribution in [2.45, 2.75) is 44.8 Å². The summed E-state index contributed by atoms with van der Waals surface area (Å²) in [6, 6.07) is 16.1. The summed E-state index contributed by atoms with van der Waals surface area (Å²) in [6.45, 7) is -0.825. The van der Waals surface area contributed by atoms with Gasteiger partial charge in [0, 0.05) is 19.6 Å². The number of halogens is 4. The number of likely N-dealkylation sites (tertiary alicyclic amines) is 1. The Morgan fingerprint density at radius 3 is 2.48 bits per heavy atom. The van der Waals surface area contributed by atoms with Crippen LogP contribution in [0.2, 0.25) is 0 Å². The molecule has 212 valence electrons. The molecule has 1 aliphatic carbocycles. The highest BCUT2D eigenvalue weighted by Gasteiger charge is 2.26. The van der Waals surface area contributed by atoms with Crippen LogP contribution in [-0.4, -0.2) is 43.9 Å². The first-order valence-corrected chi connectivity index (χ1v) is 14.1. The molecule has 2 atom stereocenters. The molecule has 0 radical (unpaired) electrons. The van der Waals surface area contributed by atoms with Crippen LogP contribution in [0.5, 0.6) is 11.5 Å². The molecule has 0 aromatic heterocycles. The zero-order valence-corrected chi connectivity index (χ0v) is 23.3. The molecule has 0 bridgehead atoms. The fraction of sp³-hybridized carbons (Fsp3) is 0.355. The lowest BCUT2D eigenvalue weighted by molar-refractivity contribution is -0.0497. The lowest BCUT2D eigenvalue weighted by Crippen LogP contribution is -2.26. The van der Waals surface area contributed by atoms with E-state index < -0.39 is 12.4 Å². The Kier molecular flexibility index (Phi) is 8.97. The predicted octanol–water partition coefficient (Wildman–Crippen LogP) is 6.62. The number of nitrogens with zero attached hydrogens (tertiary/aromatic N) is 1. The van der Waals surface area contributed by atoms with E-state index >= 15 is 4.39 Å². The van der Waals surface area contributed by atoms with E-state index in [0.29, 0.717) is 36.6 Å². The van der Waals surface area contributed by atoms with E-state index in [4.69, 9.17) is 10.5 Å². The quantitative estimate of drug-likeness (QED) is 0.178. The number of nitrogen functional groups attached to an aromatic ring is 1. The summed E-state index contributed by atoms with van der Waals surface area (Å²) in [6.07, 6.45) is 3.36. The van der Waals surface area contributed by atoms with E-state index in [0.717, 1.165) is 59.6 Å². The summed E-state index contributed by atoms with van der Waals surface area (Å²) in [5.41, 5.74) is 11.0. The number of anilines is 1. The predicted molar refractivity (Wildman–Crippen MR) is 155 cm³/mol. The van der Waals surface area contributed by atoms with Crippen LogP contribution < -0.4 is 20.5 Å². The van der Waals surface area contributed by atoms with Gasteiger partial charge in [0.1, 0.15) is 23.4 Å². The highest BCUT2D eigenvalue weighted by atomic mass is 31.0. The van der Waals surface area contributed by atoms with Crippen molar-refractivity contribution >= 4 is 31.4 Å². The largest absolute Gasteiger partial charge is 0.489 e. The Bertz CT molecular complexity index is 1380. The van der Waals surface area contributed by atoms with Crippen molar-refractivity contribution in [2.75, 3.05) is 32.0 Å². The lowest BCUT2D eigenvalue weighted by atomic mass is 9.87. The molecule has 3 aromatic carbocycles. The molecule has 3 aromatic rings. The van der Waals surface area contributed by atoms with Crippen LogP contribution in [0.3, 0.4) is 0 Å². The van der Waals surface area contributed by atoms with Gasteiger partial charge in [-0.3, -0.25) is 9.29 Å². The van der Waals surface area contributed by atoms with Crippen molar-refractivity contribution in [2.24, 2.45) is 0 Å². The van der Waals surface area contributed by atoms with E-state index in [-0.39, 0.29) is 24.2 Å². The Morgan fingerprint density at radius 1 is 1.00 bits per heavy atom. The molecule has 1 saturated heterocycles. The second-order valence-corrected chi connectivity index (χ2v) is 10.8. The highest BCUT2D eigenvalue weighted by Crippen LogP contribution is 2.42. The van der Waals surface area contributed by atoms with Gasteiger partial charge >= 0.3 is 6.61 Å². The Labute approximate surface area is 234 Å². The zero-order chi connectivity index (χ0) is 28.2. The van der Waals surface area contributed by atoms with Crippen LogP contribution in [-0.2, 0) is 6.42 Å². The molecule has 40 heavy (non-hydrogen) atoms. The third-order valence-electron chi connectivity index (χ3n) is 7.55. The molecule has 1 heterocycles. The summed E-state index contributed by atoms with van der Waals surface area (Å²) in [5, 5.41) is 0.712. The number of ether oxygens (including phenoxy) is 2. The third kappa shape index (κ3) is 6.29. The molecule has 2 aliphatic rings. The van der Waals surface area contributed by atoms with Crippen molar-refractivity contribution in [1.29, 1.82) is 0 Å². The highest BCUT2D eigenvalue weighted by molar-refractivity contribution is 7.27. The fourth-order valence-electron chi connectivity index (χ4n) is 5.71. The standard InChI is InChI=1S/C31H33F4N2O2P/c32-14-2-15-37-16-13-22(18-37)38-20-7-5-19(6-8-20)29-24(23-10-9-21(17-28(23)40)39-31(34)35)3-1-4-26-25(29)11-12-27(36)30(26)33/h5-12,17,22,31H,1-4,13-16,18,36,40H2/t22-/m0/s1. The zero-order valence-electron chi connectivity index (χ0n) is 22.1. The van der Waals surface area contributed by atoms with Crippen LogP contribution >= 0.6 is 9.24 Å². The second-order valence-electron chi connectivity index (χ2n) is 10.2. The first-order valence-electron chi connectivity index (χ1n) is 13.5. The molecule has 0 saturated carbocycles. The molecule has 0 amide bonds. The number of allylic oxidation sites excluding steroid dienone is 1. The first kappa shape index (κ1) is 28.4. The molecular weight excluding hydrogens is 539 g/mol. The maximum absolute atomic E-state index is 15.3. The minimum atomic E-state index is -2.91. The number of nitrogens with two attached hydrogens (primary N) is 1. The molecule has 5 rings (SSSR count). The number of rotatable bonds is 9. The molecule has 1 aliphatic heterocycles. The van der Waals surface area contributed by atoms with Crippen molar-refractivity contribution in [3.8, 4) is 11.5 Å². The summed E-state index contributed by atoms with van der Waals surface area (Å²) < 4.78 is 64.2. The number of hydrogen-bond donors (Lipinski definition) is 1. The van der Waals surface area contributed by atoms with Gasteiger partial charge in [0.05, 0.1) is 12.4 Å². The molecule has 4 nitrogen and oxygen atoms in total. The van der Waals surface area contributed by atoms with Crippen LogP contribution in [0.15, 0.2) is 54.6 Å². The molecule has 0 spiro atoms. The van der Waals surface area contributed by atoms with Crippen LogP contribution in [0.25, 0.3) is 11.1 Å². The van der Waals surface area contributed by atoms with E-state index in [2.05, 4.69) is 18.9 Å². The SMILES string of the molecule is Nc1ccc2c(c1F)CCCC(c1ccc(OC(F)F)cc1P)=C2c1ccc(O[C@H]2CCN(CCCF)C2)cc1. The van der Waals surface area contributed by atoms with E-state index in [9.17, 15) is 13.2 Å². The maximum Gasteiger partial charge on any atom is 0.387 e. The smallest absolute Gasteiger partial charge is 0.387 e. The van der Waals surface area contributed by atoms with Crippen LogP contribution in [0.1, 0.15) is 47.9 Å². The van der Waals surface area contributed by atoms with Gasteiger partial charge in [-0.2, -0.15) is 8.78 Å². The summed E-state index contributed by atoms with van der Waals surface area (Å²) >= 11 is 0. The number of benzene rings is 3. The molecule has 2 N–H and O–H groups in total. The Hall–Kier alpha value is -3.09. The van der Waals surface area contributed by atoms with Gasteiger partial charge in [0.15, 0.2) is 0 Å². The van der Waals surface area contributed by atoms with Crippen molar-refractivity contribution in [3.63, 3.8) is 0 Å². The maximum atomic E-state index is 15.3. The number of alkyl halides is 3. The van der Waals surface area contributed by atoms with Crippen molar-refractivity contribution < 1.29 is 27.0 Å². The minimum absolute atomic E-state index is 0.0459. The summed E-state index contributed by atoms with van der Waals surface area (Å²) in [4.78, 5) is 2.22. The summed E-state index contributed by atoms with van der Waals surface area (Å²) in [5.74, 6) is 0.415. The normalized spacial score (nSPS) is 17.7. The van der Waals surface area contributed by atoms with Gasteiger partial charge in [-0.15, -0.1) is 9.24 Å². The Balaban J connectivity index is 1.51. The fourth-order valence-corrected chi connectivity index (χ4v) is 6.15. The number of hydrogen-bond acceptors (Lipinski definition) is 4. The molecular formula is C31H33F4N2O2P. The first-order chi connectivity index (χ1) is 19.3. The van der Waals surface area contributed by atoms with Gasteiger partial charge in [-0.05, 0) is 101 Å². The average molecular weight is 573 g/mol. The van der Waals surface area contributed by atoms with E-state index in [1.807, 2.05) is 30.3 Å². The monoisotopic (exact) mass is 572 g/mol. The van der Waals surface area contributed by atoms with Gasteiger partial charge in [-0.25, -0.2) is 4.39 Å².